The summed E-state index contributed by atoms with van der Waals surface area (Å²) in [6.45, 7) is 12.1. The Balaban J connectivity index is 2.01. The van der Waals surface area contributed by atoms with Crippen LogP contribution in [0, 0.1) is 6.92 Å². The number of esters is 1. The van der Waals surface area contributed by atoms with Crippen molar-refractivity contribution in [2.24, 2.45) is 0 Å². The van der Waals surface area contributed by atoms with E-state index in [-0.39, 0.29) is 17.3 Å². The summed E-state index contributed by atoms with van der Waals surface area (Å²) in [5, 5.41) is 2.85. The number of ether oxygens (including phenoxy) is 2. The van der Waals surface area contributed by atoms with Crippen LogP contribution in [0.15, 0.2) is 42.5 Å². The molecule has 0 fully saturated rings. The predicted octanol–water partition coefficient (Wildman–Crippen LogP) is 4.88. The van der Waals surface area contributed by atoms with Gasteiger partial charge in [0.05, 0.1) is 12.2 Å². The fraction of sp³-hybridized carbons (Fsp3) is 0.391. The molecule has 1 N–H and O–H groups in total. The molecule has 0 aromatic heterocycles. The number of anilines is 1. The number of rotatable bonds is 6. The highest BCUT2D eigenvalue weighted by atomic mass is 16.5. The Morgan fingerprint density at radius 1 is 1.07 bits per heavy atom. The van der Waals surface area contributed by atoms with Gasteiger partial charge >= 0.3 is 5.97 Å². The second kappa shape index (κ2) is 8.91. The normalized spacial score (nSPS) is 12.2. The SMILES string of the molecule is CCOC(=O)c1ccc(NC(=O)C(C)Oc2ccc(C(C)(C)C)cc2)c(C)c1. The van der Waals surface area contributed by atoms with E-state index in [0.717, 1.165) is 5.56 Å². The van der Waals surface area contributed by atoms with Crippen LogP contribution in [-0.2, 0) is 14.9 Å². The average molecular weight is 383 g/mol. The summed E-state index contributed by atoms with van der Waals surface area (Å²) in [4.78, 5) is 24.3. The highest BCUT2D eigenvalue weighted by Crippen LogP contribution is 2.25. The molecule has 5 heteroatoms. The van der Waals surface area contributed by atoms with Gasteiger partial charge in [-0.15, -0.1) is 0 Å². The first-order valence-corrected chi connectivity index (χ1v) is 9.47. The van der Waals surface area contributed by atoms with E-state index in [0.29, 0.717) is 23.6 Å². The number of carbonyl (C=O) groups is 2. The van der Waals surface area contributed by atoms with Gasteiger partial charge < -0.3 is 14.8 Å². The number of hydrogen-bond donors (Lipinski definition) is 1. The van der Waals surface area contributed by atoms with Gasteiger partial charge in [0.1, 0.15) is 5.75 Å². The van der Waals surface area contributed by atoms with Gasteiger partial charge in [0.2, 0.25) is 0 Å². The van der Waals surface area contributed by atoms with Crippen LogP contribution < -0.4 is 10.1 Å². The van der Waals surface area contributed by atoms with E-state index >= 15 is 0 Å². The Morgan fingerprint density at radius 3 is 2.25 bits per heavy atom. The fourth-order valence-electron chi connectivity index (χ4n) is 2.67. The number of benzene rings is 2. The highest BCUT2D eigenvalue weighted by molar-refractivity contribution is 5.96. The van der Waals surface area contributed by atoms with Crippen LogP contribution in [0.2, 0.25) is 0 Å². The molecule has 0 spiro atoms. The van der Waals surface area contributed by atoms with E-state index in [9.17, 15) is 9.59 Å². The van der Waals surface area contributed by atoms with E-state index < -0.39 is 6.10 Å². The van der Waals surface area contributed by atoms with Gasteiger partial charge in [0.25, 0.3) is 5.91 Å². The summed E-state index contributed by atoms with van der Waals surface area (Å²) in [6.07, 6.45) is -0.662. The van der Waals surface area contributed by atoms with Gasteiger partial charge in [0.15, 0.2) is 6.10 Å². The molecule has 0 aliphatic carbocycles. The van der Waals surface area contributed by atoms with Crippen LogP contribution >= 0.6 is 0 Å². The molecule has 0 bridgehead atoms. The zero-order valence-corrected chi connectivity index (χ0v) is 17.5. The standard InChI is InChI=1S/C23H29NO4/c1-7-27-22(26)17-8-13-20(15(2)14-17)24-21(25)16(3)28-19-11-9-18(10-12-19)23(4,5)6/h8-14,16H,7H2,1-6H3,(H,24,25). The quantitative estimate of drug-likeness (QED) is 0.723. The Morgan fingerprint density at radius 2 is 1.71 bits per heavy atom. The number of carbonyl (C=O) groups excluding carboxylic acids is 2. The molecule has 0 saturated heterocycles. The van der Waals surface area contributed by atoms with Crippen molar-refractivity contribution in [1.29, 1.82) is 0 Å². The number of nitrogens with one attached hydrogen (secondary N) is 1. The smallest absolute Gasteiger partial charge is 0.338 e. The monoisotopic (exact) mass is 383 g/mol. The first kappa shape index (κ1) is 21.5. The summed E-state index contributed by atoms with van der Waals surface area (Å²) < 4.78 is 10.8. The summed E-state index contributed by atoms with van der Waals surface area (Å²) in [7, 11) is 0. The molecule has 1 atom stereocenters. The van der Waals surface area contributed by atoms with E-state index in [1.807, 2.05) is 31.2 Å². The van der Waals surface area contributed by atoms with Crippen molar-refractivity contribution in [3.05, 3.63) is 59.2 Å². The van der Waals surface area contributed by atoms with Gasteiger partial charge in [-0.3, -0.25) is 4.79 Å². The van der Waals surface area contributed by atoms with Gasteiger partial charge in [-0.25, -0.2) is 4.79 Å². The van der Waals surface area contributed by atoms with Crippen molar-refractivity contribution in [2.75, 3.05) is 11.9 Å². The molecular formula is C23H29NO4. The Hall–Kier alpha value is -2.82. The van der Waals surface area contributed by atoms with Crippen molar-refractivity contribution >= 4 is 17.6 Å². The highest BCUT2D eigenvalue weighted by Gasteiger charge is 2.18. The molecule has 1 unspecified atom stereocenters. The lowest BCUT2D eigenvalue weighted by Gasteiger charge is -2.20. The molecule has 0 radical (unpaired) electrons. The third-order valence-corrected chi connectivity index (χ3v) is 4.40. The molecule has 0 heterocycles. The molecule has 150 valence electrons. The molecule has 0 aliphatic heterocycles. The minimum Gasteiger partial charge on any atom is -0.481 e. The van der Waals surface area contributed by atoms with Crippen LogP contribution in [0.25, 0.3) is 0 Å². The lowest BCUT2D eigenvalue weighted by Crippen LogP contribution is -2.30. The molecular weight excluding hydrogens is 354 g/mol. The Bertz CT molecular complexity index is 835. The molecule has 0 saturated carbocycles. The molecule has 2 aromatic rings. The summed E-state index contributed by atoms with van der Waals surface area (Å²) in [5.74, 6) is 0.01000. The summed E-state index contributed by atoms with van der Waals surface area (Å²) in [5.41, 5.74) is 3.14. The topological polar surface area (TPSA) is 64.6 Å². The fourth-order valence-corrected chi connectivity index (χ4v) is 2.67. The zero-order valence-electron chi connectivity index (χ0n) is 17.5. The van der Waals surface area contributed by atoms with Gasteiger partial charge in [-0.05, 0) is 67.6 Å². The molecule has 2 aromatic carbocycles. The minimum atomic E-state index is -0.662. The zero-order chi connectivity index (χ0) is 20.9. The van der Waals surface area contributed by atoms with Crippen LogP contribution in [-0.4, -0.2) is 24.6 Å². The van der Waals surface area contributed by atoms with Crippen molar-refractivity contribution in [2.45, 2.75) is 53.1 Å². The van der Waals surface area contributed by atoms with Crippen molar-refractivity contribution in [1.82, 2.24) is 0 Å². The van der Waals surface area contributed by atoms with Gasteiger partial charge in [-0.1, -0.05) is 32.9 Å². The largest absolute Gasteiger partial charge is 0.481 e. The second-order valence-electron chi connectivity index (χ2n) is 7.77. The lowest BCUT2D eigenvalue weighted by molar-refractivity contribution is -0.122. The number of aryl methyl sites for hydroxylation is 1. The third-order valence-electron chi connectivity index (χ3n) is 4.40. The first-order chi connectivity index (χ1) is 13.1. The van der Waals surface area contributed by atoms with Crippen LogP contribution in [0.1, 0.15) is 56.1 Å². The third kappa shape index (κ3) is 5.59. The summed E-state index contributed by atoms with van der Waals surface area (Å²) >= 11 is 0. The summed E-state index contributed by atoms with van der Waals surface area (Å²) in [6, 6.07) is 12.8. The number of amides is 1. The van der Waals surface area contributed by atoms with Crippen LogP contribution in [0.5, 0.6) is 5.75 Å². The molecule has 28 heavy (non-hydrogen) atoms. The maximum Gasteiger partial charge on any atom is 0.338 e. The second-order valence-corrected chi connectivity index (χ2v) is 7.77. The van der Waals surface area contributed by atoms with Crippen molar-refractivity contribution < 1.29 is 19.1 Å². The molecule has 5 nitrogen and oxygen atoms in total. The van der Waals surface area contributed by atoms with Crippen molar-refractivity contribution in [3.63, 3.8) is 0 Å². The van der Waals surface area contributed by atoms with Gasteiger partial charge in [-0.2, -0.15) is 0 Å². The maximum absolute atomic E-state index is 12.5. The van der Waals surface area contributed by atoms with Crippen LogP contribution in [0.4, 0.5) is 5.69 Å². The molecule has 1 amide bonds. The van der Waals surface area contributed by atoms with Gasteiger partial charge in [0, 0.05) is 5.69 Å². The molecule has 2 rings (SSSR count). The van der Waals surface area contributed by atoms with E-state index in [2.05, 4.69) is 26.1 Å². The predicted molar refractivity (Wildman–Crippen MR) is 111 cm³/mol. The Labute approximate surface area is 167 Å². The van der Waals surface area contributed by atoms with E-state index in [1.165, 1.54) is 5.56 Å². The van der Waals surface area contributed by atoms with Crippen molar-refractivity contribution in [3.8, 4) is 5.75 Å². The average Bonchev–Trinajstić information content (AvgIpc) is 2.63. The molecule has 0 aliphatic rings. The maximum atomic E-state index is 12.5. The van der Waals surface area contributed by atoms with Crippen LogP contribution in [0.3, 0.4) is 0 Å². The minimum absolute atomic E-state index is 0.0642. The Kier molecular flexibility index (Phi) is 6.84. The van der Waals surface area contributed by atoms with E-state index in [1.54, 1.807) is 32.0 Å². The first-order valence-electron chi connectivity index (χ1n) is 9.47. The van der Waals surface area contributed by atoms with E-state index in [4.69, 9.17) is 9.47 Å². The number of hydrogen-bond acceptors (Lipinski definition) is 4. The lowest BCUT2D eigenvalue weighted by atomic mass is 9.87.